The fourth-order valence-corrected chi connectivity index (χ4v) is 4.05. The fraction of sp³-hybridized carbons (Fsp3) is 0.381. The summed E-state index contributed by atoms with van der Waals surface area (Å²) < 4.78 is 25.7. The minimum Gasteiger partial charge on any atom is -0.356 e. The van der Waals surface area contributed by atoms with Crippen LogP contribution in [0.25, 0.3) is 0 Å². The van der Waals surface area contributed by atoms with E-state index in [1.165, 1.54) is 24.0 Å². The quantitative estimate of drug-likeness (QED) is 0.659. The summed E-state index contributed by atoms with van der Waals surface area (Å²) in [5.41, 5.74) is 3.09. The molecule has 2 N–H and O–H groups in total. The highest BCUT2D eigenvalue weighted by Crippen LogP contribution is 2.19. The lowest BCUT2D eigenvalue weighted by atomic mass is 10.00. The summed E-state index contributed by atoms with van der Waals surface area (Å²) in [7, 11) is -0.465. The molecule has 0 bridgehead atoms. The van der Waals surface area contributed by atoms with Gasteiger partial charge in [-0.3, -0.25) is 0 Å². The van der Waals surface area contributed by atoms with Crippen LogP contribution < -0.4 is 10.6 Å². The van der Waals surface area contributed by atoms with Gasteiger partial charge in [0.15, 0.2) is 5.11 Å². The number of thiocarbonyl (C=S) groups is 1. The van der Waals surface area contributed by atoms with Gasteiger partial charge in [0.1, 0.15) is 0 Å². The Morgan fingerprint density at radius 1 is 1.07 bits per heavy atom. The molecule has 0 unspecified atom stereocenters. The third-order valence-corrected chi connectivity index (χ3v) is 6.37. The van der Waals surface area contributed by atoms with Crippen LogP contribution in [0.3, 0.4) is 0 Å². The molecule has 0 aliphatic rings. The van der Waals surface area contributed by atoms with Gasteiger partial charge in [-0.1, -0.05) is 44.2 Å². The van der Waals surface area contributed by atoms with Gasteiger partial charge in [-0.15, -0.1) is 0 Å². The van der Waals surface area contributed by atoms with Crippen molar-refractivity contribution < 1.29 is 8.42 Å². The summed E-state index contributed by atoms with van der Waals surface area (Å²) in [5.74, 6) is 0.630. The van der Waals surface area contributed by atoms with Crippen LogP contribution >= 0.6 is 12.2 Å². The third-order valence-electron chi connectivity index (χ3n) is 4.34. The Bertz CT molecular complexity index is 908. The summed E-state index contributed by atoms with van der Waals surface area (Å²) in [6, 6.07) is 15.2. The molecule has 0 aliphatic heterocycles. The Morgan fingerprint density at radius 2 is 1.71 bits per heavy atom. The van der Waals surface area contributed by atoms with Gasteiger partial charge in [0.25, 0.3) is 0 Å². The van der Waals surface area contributed by atoms with E-state index in [1.54, 1.807) is 24.3 Å². The summed E-state index contributed by atoms with van der Waals surface area (Å²) in [6.45, 7) is 6.46. The summed E-state index contributed by atoms with van der Waals surface area (Å²) >= 11 is 5.40. The smallest absolute Gasteiger partial charge is 0.242 e. The third kappa shape index (κ3) is 6.02. The van der Waals surface area contributed by atoms with Crippen LogP contribution in [0.15, 0.2) is 53.4 Å². The van der Waals surface area contributed by atoms with E-state index >= 15 is 0 Å². The second kappa shape index (κ2) is 9.49. The van der Waals surface area contributed by atoms with Gasteiger partial charge in [0.2, 0.25) is 10.0 Å². The molecule has 0 amide bonds. The molecule has 0 saturated heterocycles. The molecule has 152 valence electrons. The van der Waals surface area contributed by atoms with Crippen LogP contribution in [-0.2, 0) is 16.4 Å². The summed E-state index contributed by atoms with van der Waals surface area (Å²) in [6.07, 6.45) is 1.06. The zero-order valence-corrected chi connectivity index (χ0v) is 18.7. The van der Waals surface area contributed by atoms with Crippen molar-refractivity contribution in [3.63, 3.8) is 0 Å². The van der Waals surface area contributed by atoms with Crippen molar-refractivity contribution in [2.24, 2.45) is 5.92 Å². The van der Waals surface area contributed by atoms with E-state index in [2.05, 4.69) is 48.7 Å². The predicted molar refractivity (Wildman–Crippen MR) is 120 cm³/mol. The number of nitrogens with zero attached hydrogens (tertiary/aromatic N) is 1. The monoisotopic (exact) mass is 419 g/mol. The second-order valence-corrected chi connectivity index (χ2v) is 10.0. The van der Waals surface area contributed by atoms with Crippen molar-refractivity contribution in [2.45, 2.75) is 38.1 Å². The van der Waals surface area contributed by atoms with E-state index in [0.717, 1.165) is 12.0 Å². The number of nitrogens with one attached hydrogen (secondary N) is 2. The topological polar surface area (TPSA) is 61.4 Å². The number of hydrogen-bond donors (Lipinski definition) is 2. The minimum absolute atomic E-state index is 0.0294. The number of sulfonamides is 1. The van der Waals surface area contributed by atoms with Gasteiger partial charge < -0.3 is 10.6 Å². The van der Waals surface area contributed by atoms with Crippen molar-refractivity contribution in [2.75, 3.05) is 19.4 Å². The molecule has 2 aromatic carbocycles. The molecule has 0 aromatic heterocycles. The first-order valence-corrected chi connectivity index (χ1v) is 11.1. The van der Waals surface area contributed by atoms with Crippen molar-refractivity contribution in [1.82, 2.24) is 9.62 Å². The number of rotatable bonds is 7. The van der Waals surface area contributed by atoms with Gasteiger partial charge in [-0.05, 0) is 60.8 Å². The van der Waals surface area contributed by atoms with E-state index in [-0.39, 0.29) is 10.9 Å². The average molecular weight is 420 g/mol. The summed E-state index contributed by atoms with van der Waals surface area (Å²) in [5, 5.41) is 6.76. The molecule has 2 aromatic rings. The Morgan fingerprint density at radius 3 is 2.29 bits per heavy atom. The molecule has 0 saturated carbocycles. The van der Waals surface area contributed by atoms with Crippen molar-refractivity contribution >= 4 is 33.0 Å². The van der Waals surface area contributed by atoms with E-state index < -0.39 is 10.0 Å². The molecule has 0 fully saturated rings. The SMILES string of the molecule is CC(C)Cc1ccc([C@@H](C)NC(=S)Nc2cccc(S(=O)(=O)N(C)C)c2)cc1. The molecular formula is C21H29N3O2S2. The maximum absolute atomic E-state index is 12.3. The zero-order valence-electron chi connectivity index (χ0n) is 17.1. The minimum atomic E-state index is -3.48. The van der Waals surface area contributed by atoms with Crippen LogP contribution in [0, 0.1) is 5.92 Å². The molecular weight excluding hydrogens is 390 g/mol. The van der Waals surface area contributed by atoms with Crippen LogP contribution in [0.5, 0.6) is 0 Å². The lowest BCUT2D eigenvalue weighted by molar-refractivity contribution is 0.521. The first kappa shape index (κ1) is 22.3. The normalized spacial score (nSPS) is 12.8. The highest BCUT2D eigenvalue weighted by atomic mass is 32.2. The van der Waals surface area contributed by atoms with E-state index in [0.29, 0.717) is 16.7 Å². The molecule has 1 atom stereocenters. The van der Waals surface area contributed by atoms with Gasteiger partial charge in [0.05, 0.1) is 10.9 Å². The molecule has 5 nitrogen and oxygen atoms in total. The Labute approximate surface area is 174 Å². The van der Waals surface area contributed by atoms with Crippen LogP contribution in [0.2, 0.25) is 0 Å². The Hall–Kier alpha value is -1.96. The second-order valence-electron chi connectivity index (χ2n) is 7.47. The van der Waals surface area contributed by atoms with E-state index in [4.69, 9.17) is 12.2 Å². The van der Waals surface area contributed by atoms with Crippen molar-refractivity contribution in [3.05, 3.63) is 59.7 Å². The van der Waals surface area contributed by atoms with Crippen LogP contribution in [0.1, 0.15) is 37.9 Å². The molecule has 0 aliphatic carbocycles. The van der Waals surface area contributed by atoms with Gasteiger partial charge in [-0.25, -0.2) is 12.7 Å². The maximum atomic E-state index is 12.3. The van der Waals surface area contributed by atoms with Gasteiger partial charge in [-0.2, -0.15) is 0 Å². The molecule has 2 rings (SSSR count). The Kier molecular flexibility index (Phi) is 7.57. The standard InChI is InChI=1S/C21H29N3O2S2/c1-15(2)13-17-9-11-18(12-10-17)16(3)22-21(27)23-19-7-6-8-20(14-19)28(25,26)24(4)5/h6-12,14-16H,13H2,1-5H3,(H2,22,23,27)/t16-/m1/s1. The van der Waals surface area contributed by atoms with E-state index in [1.807, 2.05) is 6.92 Å². The first-order valence-electron chi connectivity index (χ1n) is 9.28. The first-order chi connectivity index (χ1) is 13.1. The lowest BCUT2D eigenvalue weighted by Gasteiger charge is -2.18. The molecule has 28 heavy (non-hydrogen) atoms. The van der Waals surface area contributed by atoms with Gasteiger partial charge >= 0.3 is 0 Å². The predicted octanol–water partition coefficient (Wildman–Crippen LogP) is 4.18. The van der Waals surface area contributed by atoms with E-state index in [9.17, 15) is 8.42 Å². The Balaban J connectivity index is 2.02. The largest absolute Gasteiger partial charge is 0.356 e. The fourth-order valence-electron chi connectivity index (χ4n) is 2.81. The average Bonchev–Trinajstić information content (AvgIpc) is 2.61. The van der Waals surface area contributed by atoms with Crippen molar-refractivity contribution in [3.8, 4) is 0 Å². The van der Waals surface area contributed by atoms with Crippen LogP contribution in [0.4, 0.5) is 5.69 Å². The molecule has 0 radical (unpaired) electrons. The number of anilines is 1. The van der Waals surface area contributed by atoms with Crippen molar-refractivity contribution in [1.29, 1.82) is 0 Å². The highest BCUT2D eigenvalue weighted by molar-refractivity contribution is 7.89. The number of hydrogen-bond acceptors (Lipinski definition) is 3. The van der Waals surface area contributed by atoms with Crippen LogP contribution in [-0.4, -0.2) is 31.9 Å². The molecule has 0 spiro atoms. The van der Waals surface area contributed by atoms with Gasteiger partial charge in [0, 0.05) is 19.8 Å². The maximum Gasteiger partial charge on any atom is 0.242 e. The highest BCUT2D eigenvalue weighted by Gasteiger charge is 2.17. The molecule has 7 heteroatoms. The molecule has 0 heterocycles. The summed E-state index contributed by atoms with van der Waals surface area (Å²) in [4.78, 5) is 0.221. The number of benzene rings is 2. The zero-order chi connectivity index (χ0) is 20.9. The lowest BCUT2D eigenvalue weighted by Crippen LogP contribution is -2.31.